The average molecular weight is 249 g/mol. The maximum absolute atomic E-state index is 5.71. The summed E-state index contributed by atoms with van der Waals surface area (Å²) < 4.78 is 5.71. The van der Waals surface area contributed by atoms with E-state index < -0.39 is 0 Å². The molecule has 0 N–H and O–H groups in total. The molecule has 1 heterocycles. The number of nitrogens with zero attached hydrogens (tertiary/aromatic N) is 1. The molecule has 0 saturated heterocycles. The number of aliphatic imine (C=N–C) groups is 1. The van der Waals surface area contributed by atoms with Crippen LogP contribution in [0.2, 0.25) is 0 Å². The molecule has 2 nitrogen and oxygen atoms in total. The van der Waals surface area contributed by atoms with E-state index in [1.54, 1.807) is 12.5 Å². The summed E-state index contributed by atoms with van der Waals surface area (Å²) in [5, 5.41) is 0. The Hall–Kier alpha value is -0.790. The number of rotatable bonds is 1. The molecule has 0 aromatic carbocycles. The molecule has 18 heavy (non-hydrogen) atoms. The Bertz CT molecular complexity index is 260. The Kier molecular flexibility index (Phi) is 6.32. The molecule has 1 fully saturated rings. The molecule has 1 aliphatic carbocycles. The van der Waals surface area contributed by atoms with E-state index in [0.717, 1.165) is 0 Å². The van der Waals surface area contributed by atoms with Crippen LogP contribution in [0.4, 0.5) is 0 Å². The minimum Gasteiger partial charge on any atom is -0.490 e. The summed E-state index contributed by atoms with van der Waals surface area (Å²) in [5.41, 5.74) is 0. The predicted molar refractivity (Wildman–Crippen MR) is 76.8 cm³/mol. The van der Waals surface area contributed by atoms with Gasteiger partial charge in [-0.05, 0) is 12.8 Å². The van der Waals surface area contributed by atoms with Gasteiger partial charge in [-0.3, -0.25) is 4.99 Å². The van der Waals surface area contributed by atoms with Crippen molar-refractivity contribution in [1.29, 1.82) is 0 Å². The molecule has 1 unspecified atom stereocenters. The fourth-order valence-electron chi connectivity index (χ4n) is 3.09. The number of hydrogen-bond donors (Lipinski definition) is 0. The van der Waals surface area contributed by atoms with Gasteiger partial charge in [-0.25, -0.2) is 0 Å². The van der Waals surface area contributed by atoms with Crippen LogP contribution in [0.15, 0.2) is 17.5 Å². The second-order valence-corrected chi connectivity index (χ2v) is 5.70. The monoisotopic (exact) mass is 249 g/mol. The zero-order chi connectivity index (χ0) is 12.5. The van der Waals surface area contributed by atoms with Crippen molar-refractivity contribution in [2.45, 2.75) is 76.7 Å². The fourth-order valence-corrected chi connectivity index (χ4v) is 3.09. The van der Waals surface area contributed by atoms with Crippen LogP contribution in [-0.4, -0.2) is 12.3 Å². The Morgan fingerprint density at radius 1 is 0.778 bits per heavy atom. The summed E-state index contributed by atoms with van der Waals surface area (Å²) in [5.74, 6) is 0.679. The number of ether oxygens (including phenoxy) is 1. The lowest BCUT2D eigenvalue weighted by Crippen LogP contribution is -2.25. The first-order chi connectivity index (χ1) is 8.97. The van der Waals surface area contributed by atoms with Crippen molar-refractivity contribution in [2.75, 3.05) is 0 Å². The Labute approximate surface area is 112 Å². The van der Waals surface area contributed by atoms with Crippen LogP contribution in [0.3, 0.4) is 0 Å². The summed E-state index contributed by atoms with van der Waals surface area (Å²) in [6.45, 7) is 0. The first-order valence-corrected chi connectivity index (χ1v) is 7.80. The van der Waals surface area contributed by atoms with Crippen molar-refractivity contribution in [3.8, 4) is 0 Å². The maximum atomic E-state index is 5.71. The first kappa shape index (κ1) is 13.6. The van der Waals surface area contributed by atoms with Gasteiger partial charge in [0.2, 0.25) is 0 Å². The lowest BCUT2D eigenvalue weighted by molar-refractivity contribution is 0.128. The topological polar surface area (TPSA) is 21.6 Å². The standard InChI is InChI=1S/C16H27NO/c1-2-4-6-8-10-15(11-9-7-5-3-1)16-14-17-12-13-18-16/h12-16H,1-11H2. The normalized spacial score (nSPS) is 28.1. The molecule has 0 amide bonds. The van der Waals surface area contributed by atoms with Crippen LogP contribution in [0.25, 0.3) is 0 Å². The predicted octanol–water partition coefficient (Wildman–Crippen LogP) is 4.85. The van der Waals surface area contributed by atoms with Gasteiger partial charge in [0.25, 0.3) is 0 Å². The second-order valence-electron chi connectivity index (χ2n) is 5.70. The van der Waals surface area contributed by atoms with Crippen molar-refractivity contribution >= 4 is 6.21 Å². The van der Waals surface area contributed by atoms with Crippen molar-refractivity contribution in [1.82, 2.24) is 0 Å². The van der Waals surface area contributed by atoms with Gasteiger partial charge in [0, 0.05) is 12.1 Å². The van der Waals surface area contributed by atoms with E-state index in [4.69, 9.17) is 4.74 Å². The third kappa shape index (κ3) is 4.83. The molecule has 0 aromatic heterocycles. The molecule has 2 aliphatic rings. The van der Waals surface area contributed by atoms with Crippen molar-refractivity contribution in [2.24, 2.45) is 10.9 Å². The van der Waals surface area contributed by atoms with E-state index in [2.05, 4.69) is 4.99 Å². The van der Waals surface area contributed by atoms with Crippen LogP contribution in [0.1, 0.15) is 70.6 Å². The lowest BCUT2D eigenvalue weighted by atomic mass is 9.89. The number of hydrogen-bond acceptors (Lipinski definition) is 2. The van der Waals surface area contributed by atoms with Crippen LogP contribution in [0.5, 0.6) is 0 Å². The maximum Gasteiger partial charge on any atom is 0.136 e. The molecule has 1 saturated carbocycles. The van der Waals surface area contributed by atoms with Crippen LogP contribution < -0.4 is 0 Å². The quantitative estimate of drug-likeness (QED) is 0.651. The molecule has 2 heteroatoms. The highest BCUT2D eigenvalue weighted by molar-refractivity contribution is 5.65. The van der Waals surface area contributed by atoms with E-state index in [0.29, 0.717) is 5.92 Å². The van der Waals surface area contributed by atoms with E-state index >= 15 is 0 Å². The van der Waals surface area contributed by atoms with Crippen molar-refractivity contribution < 1.29 is 4.74 Å². The summed E-state index contributed by atoms with van der Waals surface area (Å²) in [7, 11) is 0. The minimum absolute atomic E-state index is 0.234. The average Bonchev–Trinajstić information content (AvgIpc) is 2.40. The molecule has 0 bridgehead atoms. The highest BCUT2D eigenvalue weighted by Crippen LogP contribution is 2.25. The van der Waals surface area contributed by atoms with Gasteiger partial charge in [0.1, 0.15) is 12.4 Å². The van der Waals surface area contributed by atoms with E-state index in [9.17, 15) is 0 Å². The Morgan fingerprint density at radius 3 is 1.83 bits per heavy atom. The smallest absolute Gasteiger partial charge is 0.136 e. The lowest BCUT2D eigenvalue weighted by Gasteiger charge is -2.25. The molecule has 2 rings (SSSR count). The Balaban J connectivity index is 1.81. The van der Waals surface area contributed by atoms with Crippen LogP contribution in [-0.2, 0) is 4.74 Å². The largest absolute Gasteiger partial charge is 0.490 e. The van der Waals surface area contributed by atoms with Gasteiger partial charge in [-0.2, -0.15) is 0 Å². The third-order valence-corrected chi connectivity index (χ3v) is 4.23. The molecular weight excluding hydrogens is 222 g/mol. The highest BCUT2D eigenvalue weighted by Gasteiger charge is 2.21. The summed E-state index contributed by atoms with van der Waals surface area (Å²) in [4.78, 5) is 4.23. The first-order valence-electron chi connectivity index (χ1n) is 7.80. The molecule has 0 spiro atoms. The van der Waals surface area contributed by atoms with E-state index in [1.807, 2.05) is 6.21 Å². The zero-order valence-electron chi connectivity index (χ0n) is 11.5. The van der Waals surface area contributed by atoms with Crippen molar-refractivity contribution in [3.63, 3.8) is 0 Å². The van der Waals surface area contributed by atoms with Gasteiger partial charge in [0.05, 0.1) is 6.20 Å². The Morgan fingerprint density at radius 2 is 1.33 bits per heavy atom. The molecule has 0 aromatic rings. The molecule has 1 aliphatic heterocycles. The third-order valence-electron chi connectivity index (χ3n) is 4.23. The van der Waals surface area contributed by atoms with Crippen molar-refractivity contribution in [3.05, 3.63) is 12.5 Å². The van der Waals surface area contributed by atoms with Gasteiger partial charge >= 0.3 is 0 Å². The SMILES string of the molecule is C1=COC(C2CCCCCCCCCCC2)C=N1. The zero-order valence-corrected chi connectivity index (χ0v) is 11.5. The molecule has 102 valence electrons. The summed E-state index contributed by atoms with van der Waals surface area (Å²) in [6, 6.07) is 0. The van der Waals surface area contributed by atoms with Gasteiger partial charge in [-0.15, -0.1) is 0 Å². The fraction of sp³-hybridized carbons (Fsp3) is 0.812. The summed E-state index contributed by atoms with van der Waals surface area (Å²) >= 11 is 0. The van der Waals surface area contributed by atoms with Crippen LogP contribution >= 0.6 is 0 Å². The second kappa shape index (κ2) is 8.34. The molecule has 1 atom stereocenters. The van der Waals surface area contributed by atoms with E-state index in [-0.39, 0.29) is 6.10 Å². The van der Waals surface area contributed by atoms with Gasteiger partial charge in [0.15, 0.2) is 0 Å². The summed E-state index contributed by atoms with van der Waals surface area (Å²) in [6.07, 6.45) is 21.0. The minimum atomic E-state index is 0.234. The van der Waals surface area contributed by atoms with Crippen LogP contribution in [0, 0.1) is 5.92 Å². The van der Waals surface area contributed by atoms with Gasteiger partial charge in [-0.1, -0.05) is 57.8 Å². The molecular formula is C16H27NO. The highest BCUT2D eigenvalue weighted by atomic mass is 16.5. The van der Waals surface area contributed by atoms with Gasteiger partial charge < -0.3 is 4.74 Å². The molecule has 0 radical (unpaired) electrons. The van der Waals surface area contributed by atoms with E-state index in [1.165, 1.54) is 70.6 Å².